The van der Waals surface area contributed by atoms with Crippen molar-refractivity contribution < 1.29 is 4.52 Å². The second-order valence-corrected chi connectivity index (χ2v) is 10.2. The fourth-order valence-corrected chi connectivity index (χ4v) is 6.92. The summed E-state index contributed by atoms with van der Waals surface area (Å²) in [5.41, 5.74) is 4.25. The number of aromatic nitrogens is 1. The third-order valence-electron chi connectivity index (χ3n) is 6.34. The third-order valence-corrected chi connectivity index (χ3v) is 8.47. The molecule has 2 fully saturated rings. The highest BCUT2D eigenvalue weighted by atomic mass is 31.2. The SMILES string of the molecule is C(=C\c1ccc2cccc(OP3N(c4ccccc4)C[C@@H]4CCCN43)c2n1)/c1ccccc1. The third kappa shape index (κ3) is 4.13. The van der Waals surface area contributed by atoms with E-state index in [1.165, 1.54) is 18.5 Å². The molecule has 2 aliphatic heterocycles. The van der Waals surface area contributed by atoms with Gasteiger partial charge >= 0.3 is 0 Å². The Bertz CT molecular complexity index is 1280. The van der Waals surface area contributed by atoms with E-state index in [0.717, 1.165) is 41.0 Å². The molecule has 4 nitrogen and oxygen atoms in total. The van der Waals surface area contributed by atoms with Crippen LogP contribution in [0.5, 0.6) is 5.75 Å². The van der Waals surface area contributed by atoms with Crippen LogP contribution in [0.25, 0.3) is 23.1 Å². The monoisotopic (exact) mass is 451 g/mol. The molecular weight excluding hydrogens is 425 g/mol. The van der Waals surface area contributed by atoms with Crippen LogP contribution in [0.3, 0.4) is 0 Å². The fraction of sp³-hybridized carbons (Fsp3) is 0.179. The van der Waals surface area contributed by atoms with Crippen molar-refractivity contribution in [1.82, 2.24) is 9.65 Å². The number of rotatable bonds is 5. The molecule has 0 aliphatic carbocycles. The van der Waals surface area contributed by atoms with Crippen LogP contribution in [0.2, 0.25) is 0 Å². The lowest BCUT2D eigenvalue weighted by Crippen LogP contribution is -2.20. The van der Waals surface area contributed by atoms with Crippen molar-refractivity contribution in [3.8, 4) is 5.75 Å². The second kappa shape index (κ2) is 8.97. The highest BCUT2D eigenvalue weighted by Gasteiger charge is 2.45. The van der Waals surface area contributed by atoms with Gasteiger partial charge in [0.05, 0.1) is 5.69 Å². The van der Waals surface area contributed by atoms with Crippen LogP contribution < -0.4 is 9.19 Å². The molecule has 0 N–H and O–H groups in total. The zero-order valence-corrected chi connectivity index (χ0v) is 19.3. The molecule has 2 aliphatic rings. The summed E-state index contributed by atoms with van der Waals surface area (Å²) >= 11 is 0. The molecule has 1 aromatic heterocycles. The van der Waals surface area contributed by atoms with Gasteiger partial charge in [-0.1, -0.05) is 72.8 Å². The predicted molar refractivity (Wildman–Crippen MR) is 138 cm³/mol. The minimum atomic E-state index is -0.920. The van der Waals surface area contributed by atoms with E-state index >= 15 is 0 Å². The van der Waals surface area contributed by atoms with Crippen molar-refractivity contribution in [2.24, 2.45) is 0 Å². The molecule has 4 aromatic rings. The Balaban J connectivity index is 1.34. The Morgan fingerprint density at radius 3 is 2.52 bits per heavy atom. The first kappa shape index (κ1) is 20.4. The molecule has 5 heteroatoms. The quantitative estimate of drug-likeness (QED) is 0.306. The smallest absolute Gasteiger partial charge is 0.279 e. The maximum atomic E-state index is 6.82. The molecule has 0 amide bonds. The number of para-hydroxylation sites is 2. The van der Waals surface area contributed by atoms with Gasteiger partial charge < -0.3 is 9.19 Å². The average molecular weight is 452 g/mol. The van der Waals surface area contributed by atoms with Gasteiger partial charge in [-0.25, -0.2) is 9.65 Å². The van der Waals surface area contributed by atoms with Gasteiger partial charge in [0.2, 0.25) is 0 Å². The van der Waals surface area contributed by atoms with Crippen molar-refractivity contribution in [3.63, 3.8) is 0 Å². The van der Waals surface area contributed by atoms with Crippen molar-refractivity contribution in [2.45, 2.75) is 18.9 Å². The van der Waals surface area contributed by atoms with E-state index in [9.17, 15) is 0 Å². The van der Waals surface area contributed by atoms with Crippen LogP contribution in [0.15, 0.2) is 91.0 Å². The summed E-state index contributed by atoms with van der Waals surface area (Å²) in [5.74, 6) is 0.863. The van der Waals surface area contributed by atoms with Gasteiger partial charge in [-0.05, 0) is 48.7 Å². The van der Waals surface area contributed by atoms with Crippen LogP contribution >= 0.6 is 8.45 Å². The summed E-state index contributed by atoms with van der Waals surface area (Å²) in [4.78, 5) is 4.98. The van der Waals surface area contributed by atoms with E-state index in [4.69, 9.17) is 9.51 Å². The molecule has 2 atom stereocenters. The first-order valence-corrected chi connectivity index (χ1v) is 12.7. The van der Waals surface area contributed by atoms with Crippen molar-refractivity contribution in [1.29, 1.82) is 0 Å². The Morgan fingerprint density at radius 1 is 0.848 bits per heavy atom. The number of fused-ring (bicyclic) bond motifs is 2. The van der Waals surface area contributed by atoms with Crippen molar-refractivity contribution >= 4 is 37.2 Å². The average Bonchev–Trinajstić information content (AvgIpc) is 3.47. The van der Waals surface area contributed by atoms with Gasteiger partial charge in [0.25, 0.3) is 8.45 Å². The summed E-state index contributed by atoms with van der Waals surface area (Å²) in [6.45, 7) is 2.13. The van der Waals surface area contributed by atoms with E-state index in [1.807, 2.05) is 18.2 Å². The number of pyridine rings is 1. The summed E-state index contributed by atoms with van der Waals surface area (Å²) in [7, 11) is -0.920. The van der Waals surface area contributed by atoms with E-state index in [1.54, 1.807) is 0 Å². The summed E-state index contributed by atoms with van der Waals surface area (Å²) in [6.07, 6.45) is 6.66. The molecular formula is C28H26N3OP. The standard InChI is InChI=1S/C28H26N3OP/c1-3-9-22(10-4-1)16-18-24-19-17-23-11-7-15-27(28(23)29-24)32-33-30-20-8-14-26(30)21-31(33)25-12-5-2-6-13-25/h1-7,9-13,15-19,26H,8,14,20-21H2/b18-16+/t26-,33?/m0/s1. The molecule has 2 saturated heterocycles. The zero-order chi connectivity index (χ0) is 22.0. The Labute approximate surface area is 196 Å². The topological polar surface area (TPSA) is 28.6 Å². The molecule has 3 aromatic carbocycles. The number of benzene rings is 3. The first-order chi connectivity index (χ1) is 16.3. The molecule has 3 heterocycles. The predicted octanol–water partition coefficient (Wildman–Crippen LogP) is 7.00. The van der Waals surface area contributed by atoms with Crippen LogP contribution in [0, 0.1) is 0 Å². The van der Waals surface area contributed by atoms with Gasteiger partial charge in [-0.2, -0.15) is 0 Å². The van der Waals surface area contributed by atoms with Gasteiger partial charge in [-0.3, -0.25) is 0 Å². The molecule has 33 heavy (non-hydrogen) atoms. The van der Waals surface area contributed by atoms with Gasteiger partial charge in [0.15, 0.2) is 5.75 Å². The zero-order valence-electron chi connectivity index (χ0n) is 18.4. The minimum Gasteiger partial charge on any atom is -0.438 e. The minimum absolute atomic E-state index is 0.573. The van der Waals surface area contributed by atoms with Gasteiger partial charge in [0, 0.05) is 30.2 Å². The van der Waals surface area contributed by atoms with E-state index in [2.05, 4.69) is 94.3 Å². The molecule has 0 radical (unpaired) electrons. The highest BCUT2D eigenvalue weighted by Crippen LogP contribution is 2.57. The Kier molecular flexibility index (Phi) is 5.55. The lowest BCUT2D eigenvalue weighted by atomic mass is 10.1. The van der Waals surface area contributed by atoms with Crippen LogP contribution in [0.1, 0.15) is 24.1 Å². The maximum absolute atomic E-state index is 6.82. The number of nitrogens with zero attached hydrogens (tertiary/aromatic N) is 3. The molecule has 1 unspecified atom stereocenters. The molecule has 164 valence electrons. The van der Waals surface area contributed by atoms with Crippen LogP contribution in [0.4, 0.5) is 5.69 Å². The fourth-order valence-electron chi connectivity index (χ4n) is 4.68. The van der Waals surface area contributed by atoms with E-state index < -0.39 is 8.45 Å². The van der Waals surface area contributed by atoms with Crippen molar-refractivity contribution in [2.75, 3.05) is 17.8 Å². The summed E-state index contributed by atoms with van der Waals surface area (Å²) < 4.78 is 11.8. The van der Waals surface area contributed by atoms with E-state index in [-0.39, 0.29) is 0 Å². The normalized spacial score (nSPS) is 20.5. The van der Waals surface area contributed by atoms with Crippen molar-refractivity contribution in [3.05, 3.63) is 102 Å². The van der Waals surface area contributed by atoms with Gasteiger partial charge in [-0.15, -0.1) is 0 Å². The second-order valence-electron chi connectivity index (χ2n) is 8.53. The largest absolute Gasteiger partial charge is 0.438 e. The maximum Gasteiger partial charge on any atom is 0.279 e. The number of anilines is 1. The Hall–Kier alpha value is -3.20. The van der Waals surface area contributed by atoms with Gasteiger partial charge in [0.1, 0.15) is 5.52 Å². The number of hydrogen-bond donors (Lipinski definition) is 0. The molecule has 0 bridgehead atoms. The Morgan fingerprint density at radius 2 is 1.67 bits per heavy atom. The van der Waals surface area contributed by atoms with Crippen LogP contribution in [-0.4, -0.2) is 28.8 Å². The lowest BCUT2D eigenvalue weighted by molar-refractivity contribution is 0.433. The highest BCUT2D eigenvalue weighted by molar-refractivity contribution is 7.52. The first-order valence-electron chi connectivity index (χ1n) is 11.6. The van der Waals surface area contributed by atoms with E-state index in [0.29, 0.717) is 6.04 Å². The summed E-state index contributed by atoms with van der Waals surface area (Å²) in [6, 6.07) is 32.0. The van der Waals surface area contributed by atoms with Crippen LogP contribution in [-0.2, 0) is 0 Å². The molecule has 6 rings (SSSR count). The summed E-state index contributed by atoms with van der Waals surface area (Å²) in [5, 5.41) is 1.10. The lowest BCUT2D eigenvalue weighted by Gasteiger charge is -2.29. The molecule has 0 saturated carbocycles. The molecule has 0 spiro atoms. The number of hydrogen-bond acceptors (Lipinski definition) is 4.